The quantitative estimate of drug-likeness (QED) is 0.849. The summed E-state index contributed by atoms with van der Waals surface area (Å²) in [6, 6.07) is 16.7. The molecule has 3 rings (SSSR count). The van der Waals surface area contributed by atoms with Crippen LogP contribution < -0.4 is 10.1 Å². The lowest BCUT2D eigenvalue weighted by Crippen LogP contribution is -2.17. The van der Waals surface area contributed by atoms with Crippen LogP contribution in [0.25, 0.3) is 0 Å². The summed E-state index contributed by atoms with van der Waals surface area (Å²) >= 11 is 12.6. The van der Waals surface area contributed by atoms with Gasteiger partial charge in [-0.15, -0.1) is 23.2 Å². The fraction of sp³-hybridized carbons (Fsp3) is 0.235. The fourth-order valence-corrected chi connectivity index (χ4v) is 3.45. The third-order valence-electron chi connectivity index (χ3n) is 3.85. The minimum Gasteiger partial charge on any atom is -0.497 e. The molecule has 1 N–H and O–H groups in total. The standard InChI is InChI=1S/C17H15Cl2NO2/c1-22-13-9-7-12(8-10-13)20-16(21)15-14(17(15,18)19)11-5-3-2-4-6-11/h2-10,14-15H,1H3,(H,20,21)/t14-,15+/m0/s1. The topological polar surface area (TPSA) is 38.3 Å². The highest BCUT2D eigenvalue weighted by atomic mass is 35.5. The summed E-state index contributed by atoms with van der Waals surface area (Å²) in [5.74, 6) is -0.0877. The lowest BCUT2D eigenvalue weighted by Gasteiger charge is -2.06. The molecule has 0 saturated heterocycles. The van der Waals surface area contributed by atoms with E-state index in [0.717, 1.165) is 11.3 Å². The number of anilines is 1. The molecular weight excluding hydrogens is 321 g/mol. The van der Waals surface area contributed by atoms with Crippen molar-refractivity contribution in [3.63, 3.8) is 0 Å². The molecule has 5 heteroatoms. The van der Waals surface area contributed by atoms with E-state index in [9.17, 15) is 4.79 Å². The third-order valence-corrected chi connectivity index (χ3v) is 4.79. The van der Waals surface area contributed by atoms with E-state index < -0.39 is 10.3 Å². The summed E-state index contributed by atoms with van der Waals surface area (Å²) < 4.78 is 4.03. The van der Waals surface area contributed by atoms with Gasteiger partial charge in [-0.25, -0.2) is 0 Å². The summed E-state index contributed by atoms with van der Waals surface area (Å²) in [6.07, 6.45) is 0. The lowest BCUT2D eigenvalue weighted by atomic mass is 10.1. The van der Waals surface area contributed by atoms with E-state index >= 15 is 0 Å². The number of carbonyl (C=O) groups is 1. The van der Waals surface area contributed by atoms with Crippen LogP contribution in [0, 0.1) is 5.92 Å². The minimum atomic E-state index is -1.06. The second-order valence-corrected chi connectivity index (χ2v) is 6.70. The number of benzene rings is 2. The van der Waals surface area contributed by atoms with Crippen molar-refractivity contribution in [1.82, 2.24) is 0 Å². The summed E-state index contributed by atoms with van der Waals surface area (Å²) in [5, 5.41) is 2.85. The molecule has 0 unspecified atom stereocenters. The molecule has 0 bridgehead atoms. The summed E-state index contributed by atoms with van der Waals surface area (Å²) in [5.41, 5.74) is 1.66. The second-order valence-electron chi connectivity index (χ2n) is 5.26. The predicted molar refractivity (Wildman–Crippen MR) is 88.7 cm³/mol. The Morgan fingerprint density at radius 1 is 1.09 bits per heavy atom. The Labute approximate surface area is 139 Å². The van der Waals surface area contributed by atoms with E-state index in [1.807, 2.05) is 30.3 Å². The molecule has 2 aromatic rings. The molecule has 3 nitrogen and oxygen atoms in total. The molecule has 0 spiro atoms. The lowest BCUT2D eigenvalue weighted by molar-refractivity contribution is -0.117. The van der Waals surface area contributed by atoms with Crippen molar-refractivity contribution >= 4 is 34.8 Å². The molecule has 0 heterocycles. The first-order valence-corrected chi connectivity index (χ1v) is 7.67. The molecule has 2 aromatic carbocycles. The number of hydrogen-bond acceptors (Lipinski definition) is 2. The number of halogens is 2. The van der Waals surface area contributed by atoms with E-state index in [2.05, 4.69) is 5.32 Å². The first-order valence-electron chi connectivity index (χ1n) is 6.91. The normalized spacial score (nSPS) is 22.0. The Kier molecular flexibility index (Phi) is 4.02. The molecule has 0 radical (unpaired) electrons. The van der Waals surface area contributed by atoms with Gasteiger partial charge in [0.2, 0.25) is 5.91 Å². The zero-order chi connectivity index (χ0) is 15.7. The smallest absolute Gasteiger partial charge is 0.231 e. The van der Waals surface area contributed by atoms with Gasteiger partial charge in [-0.05, 0) is 29.8 Å². The van der Waals surface area contributed by atoms with Gasteiger partial charge in [-0.3, -0.25) is 4.79 Å². The number of nitrogens with one attached hydrogen (secondary N) is 1. The van der Waals surface area contributed by atoms with Crippen LogP contribution >= 0.6 is 23.2 Å². The van der Waals surface area contributed by atoms with Gasteiger partial charge in [0.25, 0.3) is 0 Å². The number of amides is 1. The molecule has 1 aliphatic carbocycles. The first kappa shape index (κ1) is 15.2. The van der Waals surface area contributed by atoms with Crippen LogP contribution in [0.3, 0.4) is 0 Å². The highest BCUT2D eigenvalue weighted by Gasteiger charge is 2.67. The van der Waals surface area contributed by atoms with E-state index in [-0.39, 0.29) is 11.8 Å². The zero-order valence-corrected chi connectivity index (χ0v) is 13.4. The zero-order valence-electron chi connectivity index (χ0n) is 11.9. The first-order chi connectivity index (χ1) is 10.5. The van der Waals surface area contributed by atoms with Gasteiger partial charge in [-0.1, -0.05) is 30.3 Å². The number of ether oxygens (including phenoxy) is 1. The van der Waals surface area contributed by atoms with Gasteiger partial charge >= 0.3 is 0 Å². The van der Waals surface area contributed by atoms with Gasteiger partial charge in [0.05, 0.1) is 13.0 Å². The Morgan fingerprint density at radius 3 is 2.32 bits per heavy atom. The van der Waals surface area contributed by atoms with Crippen molar-refractivity contribution in [2.75, 3.05) is 12.4 Å². The number of alkyl halides is 2. The Balaban J connectivity index is 1.72. The van der Waals surface area contributed by atoms with Gasteiger partial charge in [0, 0.05) is 11.6 Å². The van der Waals surface area contributed by atoms with Crippen LogP contribution in [-0.2, 0) is 4.79 Å². The highest BCUT2D eigenvalue weighted by Crippen LogP contribution is 2.65. The number of hydrogen-bond donors (Lipinski definition) is 1. The van der Waals surface area contributed by atoms with Crippen LogP contribution in [-0.4, -0.2) is 17.4 Å². The third kappa shape index (κ3) is 2.79. The molecule has 0 aromatic heterocycles. The van der Waals surface area contributed by atoms with Crippen molar-refractivity contribution in [1.29, 1.82) is 0 Å². The monoisotopic (exact) mass is 335 g/mol. The SMILES string of the molecule is COc1ccc(NC(=O)[C@H]2[C@H](c3ccccc3)C2(Cl)Cl)cc1. The highest BCUT2D eigenvalue weighted by molar-refractivity contribution is 6.53. The average Bonchev–Trinajstić information content (AvgIpc) is 3.11. The number of methoxy groups -OCH3 is 1. The van der Waals surface area contributed by atoms with E-state index in [1.54, 1.807) is 31.4 Å². The number of rotatable bonds is 4. The van der Waals surface area contributed by atoms with Gasteiger partial charge < -0.3 is 10.1 Å². The van der Waals surface area contributed by atoms with Crippen molar-refractivity contribution in [3.8, 4) is 5.75 Å². The molecule has 0 aliphatic heterocycles. The number of carbonyl (C=O) groups excluding carboxylic acids is 1. The van der Waals surface area contributed by atoms with E-state index in [0.29, 0.717) is 5.69 Å². The summed E-state index contributed by atoms with van der Waals surface area (Å²) in [7, 11) is 1.59. The van der Waals surface area contributed by atoms with Crippen LogP contribution in [0.1, 0.15) is 11.5 Å². The molecule has 1 aliphatic rings. The molecule has 2 atom stereocenters. The van der Waals surface area contributed by atoms with Crippen molar-refractivity contribution in [2.24, 2.45) is 5.92 Å². The Hall–Kier alpha value is -1.71. The molecule has 1 saturated carbocycles. The minimum absolute atomic E-state index is 0.177. The van der Waals surface area contributed by atoms with Crippen molar-refractivity contribution in [2.45, 2.75) is 10.3 Å². The maximum Gasteiger partial charge on any atom is 0.231 e. The predicted octanol–water partition coefficient (Wildman–Crippen LogP) is 4.22. The van der Waals surface area contributed by atoms with Crippen LogP contribution in [0.2, 0.25) is 0 Å². The van der Waals surface area contributed by atoms with Crippen molar-refractivity contribution < 1.29 is 9.53 Å². The largest absolute Gasteiger partial charge is 0.497 e. The Bertz CT molecular complexity index is 671. The van der Waals surface area contributed by atoms with Gasteiger partial charge in [-0.2, -0.15) is 0 Å². The Morgan fingerprint density at radius 2 is 1.73 bits per heavy atom. The van der Waals surface area contributed by atoms with Crippen LogP contribution in [0.5, 0.6) is 5.75 Å². The van der Waals surface area contributed by atoms with E-state index in [1.165, 1.54) is 0 Å². The fourth-order valence-electron chi connectivity index (χ4n) is 2.62. The van der Waals surface area contributed by atoms with Crippen LogP contribution in [0.4, 0.5) is 5.69 Å². The second kappa shape index (κ2) is 5.82. The van der Waals surface area contributed by atoms with Crippen molar-refractivity contribution in [3.05, 3.63) is 60.2 Å². The van der Waals surface area contributed by atoms with E-state index in [4.69, 9.17) is 27.9 Å². The maximum atomic E-state index is 12.4. The molecule has 1 fully saturated rings. The van der Waals surface area contributed by atoms with Crippen LogP contribution in [0.15, 0.2) is 54.6 Å². The average molecular weight is 336 g/mol. The molecular formula is C17H15Cl2NO2. The van der Waals surface area contributed by atoms with Gasteiger partial charge in [0.1, 0.15) is 10.1 Å². The summed E-state index contributed by atoms with van der Waals surface area (Å²) in [6.45, 7) is 0. The van der Waals surface area contributed by atoms with Gasteiger partial charge in [0.15, 0.2) is 0 Å². The maximum absolute atomic E-state index is 12.4. The summed E-state index contributed by atoms with van der Waals surface area (Å²) in [4.78, 5) is 12.4. The molecule has 22 heavy (non-hydrogen) atoms. The molecule has 1 amide bonds. The molecule has 114 valence electrons.